The number of hydrogen-bond acceptors (Lipinski definition) is 4. The van der Waals surface area contributed by atoms with Crippen molar-refractivity contribution in [2.75, 3.05) is 13.9 Å². The molecule has 1 aromatic carbocycles. The molecule has 0 saturated heterocycles. The first-order valence-electron chi connectivity index (χ1n) is 7.05. The number of ether oxygens (including phenoxy) is 2. The molecule has 0 unspecified atom stereocenters. The maximum absolute atomic E-state index is 13.1. The Morgan fingerprint density at radius 3 is 2.67 bits per heavy atom. The number of nitrogens with zero attached hydrogens (tertiary/aromatic N) is 2. The number of aromatic amines is 1. The van der Waals surface area contributed by atoms with Crippen LogP contribution in [0.5, 0.6) is 5.75 Å². The number of benzene rings is 1. The second kappa shape index (κ2) is 6.12. The molecule has 0 amide bonds. The summed E-state index contributed by atoms with van der Waals surface area (Å²) in [4.78, 5) is 3.00. The zero-order valence-corrected chi connectivity index (χ0v) is 12.9. The van der Waals surface area contributed by atoms with Crippen molar-refractivity contribution in [3.63, 3.8) is 0 Å². The van der Waals surface area contributed by atoms with Crippen LogP contribution < -0.4 is 4.74 Å². The smallest absolute Gasteiger partial charge is 0.416 e. The van der Waals surface area contributed by atoms with E-state index >= 15 is 0 Å². The monoisotopic (exact) mass is 337 g/mol. The second-order valence-corrected chi connectivity index (χ2v) is 5.22. The lowest BCUT2D eigenvalue weighted by Gasteiger charge is -2.16. The number of alkyl halides is 3. The summed E-state index contributed by atoms with van der Waals surface area (Å²) in [6, 6.07) is 5.49. The summed E-state index contributed by atoms with van der Waals surface area (Å²) in [6.45, 7) is 1.40. The van der Waals surface area contributed by atoms with E-state index < -0.39 is 11.7 Å². The number of aryl methyl sites for hydroxylation is 1. The highest BCUT2D eigenvalue weighted by molar-refractivity contribution is 5.81. The fourth-order valence-electron chi connectivity index (χ4n) is 2.46. The molecule has 0 aliphatic carbocycles. The molecule has 2 aromatic heterocycles. The maximum Gasteiger partial charge on any atom is 0.416 e. The molecule has 0 aliphatic heterocycles. The Bertz CT molecular complexity index is 875. The lowest BCUT2D eigenvalue weighted by Crippen LogP contribution is -2.09. The van der Waals surface area contributed by atoms with Crippen molar-refractivity contribution in [2.45, 2.75) is 13.1 Å². The largest absolute Gasteiger partial charge is 0.467 e. The number of fused-ring (bicyclic) bond motifs is 1. The molecule has 0 fully saturated rings. The van der Waals surface area contributed by atoms with Crippen LogP contribution in [0.2, 0.25) is 0 Å². The average molecular weight is 337 g/mol. The Hall–Kier alpha value is -2.61. The van der Waals surface area contributed by atoms with Crippen molar-refractivity contribution >= 4 is 11.0 Å². The summed E-state index contributed by atoms with van der Waals surface area (Å²) in [5, 5.41) is 8.16. The molecule has 0 radical (unpaired) electrons. The Kier molecular flexibility index (Phi) is 4.15. The summed E-state index contributed by atoms with van der Waals surface area (Å²) >= 11 is 0. The first-order chi connectivity index (χ1) is 11.4. The van der Waals surface area contributed by atoms with Gasteiger partial charge in [-0.25, -0.2) is 0 Å². The topological polar surface area (TPSA) is 60.0 Å². The van der Waals surface area contributed by atoms with Gasteiger partial charge in [0, 0.05) is 18.9 Å². The fraction of sp³-hybridized carbons (Fsp3) is 0.250. The van der Waals surface area contributed by atoms with Crippen LogP contribution in [0.15, 0.2) is 30.5 Å². The molecule has 126 valence electrons. The van der Waals surface area contributed by atoms with Gasteiger partial charge in [0.1, 0.15) is 11.3 Å². The van der Waals surface area contributed by atoms with Gasteiger partial charge in [-0.2, -0.15) is 13.2 Å². The third-order valence-corrected chi connectivity index (χ3v) is 3.52. The summed E-state index contributed by atoms with van der Waals surface area (Å²) in [7, 11) is 1.39. The number of methoxy groups -OCH3 is 1. The lowest BCUT2D eigenvalue weighted by molar-refractivity contribution is -0.137. The minimum Gasteiger partial charge on any atom is -0.467 e. The van der Waals surface area contributed by atoms with Crippen LogP contribution in [0.25, 0.3) is 22.3 Å². The van der Waals surface area contributed by atoms with E-state index in [1.807, 2.05) is 0 Å². The number of hydrogen-bond donors (Lipinski definition) is 1. The number of aromatic nitrogens is 3. The van der Waals surface area contributed by atoms with E-state index in [0.29, 0.717) is 22.3 Å². The van der Waals surface area contributed by atoms with Gasteiger partial charge in [-0.3, -0.25) is 0 Å². The van der Waals surface area contributed by atoms with Gasteiger partial charge >= 0.3 is 6.18 Å². The van der Waals surface area contributed by atoms with Crippen LogP contribution in [0.1, 0.15) is 11.1 Å². The number of rotatable bonds is 4. The van der Waals surface area contributed by atoms with Gasteiger partial charge in [-0.15, -0.1) is 10.2 Å². The third-order valence-electron chi connectivity index (χ3n) is 3.52. The SMILES string of the molecule is COCOc1cc(C(F)(F)F)cc(C)c1-c1cc2[nH]ccc2nn1. The first kappa shape index (κ1) is 16.3. The summed E-state index contributed by atoms with van der Waals surface area (Å²) < 4.78 is 49.3. The zero-order chi connectivity index (χ0) is 17.3. The van der Waals surface area contributed by atoms with Crippen molar-refractivity contribution in [1.29, 1.82) is 0 Å². The van der Waals surface area contributed by atoms with Crippen LogP contribution in [0.3, 0.4) is 0 Å². The van der Waals surface area contributed by atoms with E-state index in [1.54, 1.807) is 25.3 Å². The molecule has 3 aromatic rings. The van der Waals surface area contributed by atoms with Crippen molar-refractivity contribution < 1.29 is 22.6 Å². The van der Waals surface area contributed by atoms with Crippen LogP contribution in [0, 0.1) is 6.92 Å². The Labute approximate surface area is 135 Å². The molecule has 5 nitrogen and oxygen atoms in total. The standard InChI is InChI=1S/C16H14F3N3O2/c1-9-5-10(16(17,18)19)6-14(24-8-23-2)15(9)13-7-12-11(21-22-13)3-4-20-12/h3-7,20H,8H2,1-2H3. The number of H-pyrrole nitrogens is 1. The molecule has 0 atom stereocenters. The summed E-state index contributed by atoms with van der Waals surface area (Å²) in [5.41, 5.74) is 1.87. The predicted molar refractivity (Wildman–Crippen MR) is 81.6 cm³/mol. The van der Waals surface area contributed by atoms with E-state index in [-0.39, 0.29) is 12.5 Å². The molecule has 1 N–H and O–H groups in total. The molecule has 24 heavy (non-hydrogen) atoms. The quantitative estimate of drug-likeness (QED) is 0.733. The molecular formula is C16H14F3N3O2. The molecule has 0 aliphatic rings. The highest BCUT2D eigenvalue weighted by Crippen LogP contribution is 2.39. The van der Waals surface area contributed by atoms with Gasteiger partial charge in [0.25, 0.3) is 0 Å². The number of halogens is 3. The summed E-state index contributed by atoms with van der Waals surface area (Å²) in [5.74, 6) is 0.0457. The van der Waals surface area contributed by atoms with Crippen molar-refractivity contribution in [3.05, 3.63) is 41.6 Å². The highest BCUT2D eigenvalue weighted by atomic mass is 19.4. The lowest BCUT2D eigenvalue weighted by atomic mass is 10.0. The highest BCUT2D eigenvalue weighted by Gasteiger charge is 2.32. The molecule has 0 bridgehead atoms. The van der Waals surface area contributed by atoms with Crippen LogP contribution in [-0.2, 0) is 10.9 Å². The number of nitrogens with one attached hydrogen (secondary N) is 1. The average Bonchev–Trinajstić information content (AvgIpc) is 2.99. The van der Waals surface area contributed by atoms with E-state index in [0.717, 1.165) is 17.6 Å². The Balaban J connectivity index is 2.17. The third kappa shape index (κ3) is 3.05. The molecular weight excluding hydrogens is 323 g/mol. The summed E-state index contributed by atoms with van der Waals surface area (Å²) in [6.07, 6.45) is -2.76. The molecule has 0 saturated carbocycles. The van der Waals surface area contributed by atoms with Gasteiger partial charge in [0.2, 0.25) is 0 Å². The van der Waals surface area contributed by atoms with E-state index in [9.17, 15) is 13.2 Å². The fourth-order valence-corrected chi connectivity index (χ4v) is 2.46. The molecule has 2 heterocycles. The van der Waals surface area contributed by atoms with Crippen molar-refractivity contribution in [1.82, 2.24) is 15.2 Å². The van der Waals surface area contributed by atoms with Crippen LogP contribution in [-0.4, -0.2) is 29.1 Å². The first-order valence-corrected chi connectivity index (χ1v) is 7.05. The van der Waals surface area contributed by atoms with E-state index in [2.05, 4.69) is 15.2 Å². The maximum atomic E-state index is 13.1. The van der Waals surface area contributed by atoms with Gasteiger partial charge in [0.15, 0.2) is 6.79 Å². The van der Waals surface area contributed by atoms with Gasteiger partial charge in [0.05, 0.1) is 16.8 Å². The predicted octanol–water partition coefficient (Wildman–Crippen LogP) is 3.93. The van der Waals surface area contributed by atoms with Gasteiger partial charge in [-0.1, -0.05) is 0 Å². The normalized spacial score (nSPS) is 11.9. The zero-order valence-electron chi connectivity index (χ0n) is 12.9. The Morgan fingerprint density at radius 1 is 1.17 bits per heavy atom. The van der Waals surface area contributed by atoms with Crippen molar-refractivity contribution in [2.24, 2.45) is 0 Å². The van der Waals surface area contributed by atoms with Crippen LogP contribution >= 0.6 is 0 Å². The van der Waals surface area contributed by atoms with Crippen LogP contribution in [0.4, 0.5) is 13.2 Å². The second-order valence-electron chi connectivity index (χ2n) is 5.22. The van der Waals surface area contributed by atoms with Crippen molar-refractivity contribution in [3.8, 4) is 17.0 Å². The van der Waals surface area contributed by atoms with Gasteiger partial charge < -0.3 is 14.5 Å². The molecule has 3 rings (SSSR count). The van der Waals surface area contributed by atoms with Gasteiger partial charge in [-0.05, 0) is 36.8 Å². The van der Waals surface area contributed by atoms with E-state index in [4.69, 9.17) is 9.47 Å². The Morgan fingerprint density at radius 2 is 1.96 bits per heavy atom. The molecule has 0 spiro atoms. The molecule has 8 heteroatoms. The minimum atomic E-state index is -4.47. The minimum absolute atomic E-state index is 0.0457. The van der Waals surface area contributed by atoms with E-state index in [1.165, 1.54) is 7.11 Å².